The second-order valence-corrected chi connectivity index (χ2v) is 5.63. The van der Waals surface area contributed by atoms with Gasteiger partial charge in [-0.2, -0.15) is 0 Å². The first kappa shape index (κ1) is 18.5. The minimum absolute atomic E-state index is 0.182. The molecule has 0 atom stereocenters. The Labute approximate surface area is 148 Å². The molecule has 0 aliphatic carbocycles. The van der Waals surface area contributed by atoms with Crippen molar-refractivity contribution < 1.29 is 23.6 Å². The first-order chi connectivity index (χ1) is 11.1. The molecule has 1 amide bonds. The van der Waals surface area contributed by atoms with Gasteiger partial charge in [0.25, 0.3) is 6.43 Å². The molecule has 8 nitrogen and oxygen atoms in total. The number of nitrogens with zero attached hydrogens (tertiary/aromatic N) is 3. The summed E-state index contributed by atoms with van der Waals surface area (Å²) in [5.74, 6) is -0.518. The van der Waals surface area contributed by atoms with Gasteiger partial charge in [-0.15, -0.1) is 4.53 Å². The van der Waals surface area contributed by atoms with E-state index in [2.05, 4.69) is 0 Å². The van der Waals surface area contributed by atoms with Gasteiger partial charge in [0.2, 0.25) is 5.82 Å². The van der Waals surface area contributed by atoms with Gasteiger partial charge in [-0.05, 0) is 12.1 Å². The first-order valence-corrected chi connectivity index (χ1v) is 7.10. The van der Waals surface area contributed by atoms with Gasteiger partial charge in [0.1, 0.15) is 6.54 Å². The van der Waals surface area contributed by atoms with E-state index in [1.807, 2.05) is 5.32 Å². The molecule has 1 aliphatic rings. The van der Waals surface area contributed by atoms with E-state index in [0.29, 0.717) is 0 Å². The highest BCUT2D eigenvalue weighted by atomic mass is 35.5. The monoisotopic (exact) mass is 402 g/mol. The summed E-state index contributed by atoms with van der Waals surface area (Å²) in [5, 5.41) is 22.0. The van der Waals surface area contributed by atoms with Crippen LogP contribution in [0.2, 0.25) is 10.0 Å². The molecule has 0 radical (unpaired) electrons. The minimum atomic E-state index is -2.85. The summed E-state index contributed by atoms with van der Waals surface area (Å²) in [6.45, 7) is -0.479. The number of hydrogen-bond acceptors (Lipinski definition) is 5. The SMILES string of the molecule is O=C(O)NC1=C([N+](=O)[O-])CN(Cl)N1c1c(Cl)cc(C(F)F)cc1Cl. The lowest BCUT2D eigenvalue weighted by Gasteiger charge is -2.27. The van der Waals surface area contributed by atoms with Crippen molar-refractivity contribution in [2.24, 2.45) is 0 Å². The van der Waals surface area contributed by atoms with Crippen molar-refractivity contribution in [1.29, 1.82) is 0 Å². The van der Waals surface area contributed by atoms with Gasteiger partial charge in [0.15, 0.2) is 0 Å². The van der Waals surface area contributed by atoms with E-state index in [9.17, 15) is 23.7 Å². The van der Waals surface area contributed by atoms with Gasteiger partial charge in [-0.3, -0.25) is 15.4 Å². The maximum atomic E-state index is 12.8. The van der Waals surface area contributed by atoms with Crippen molar-refractivity contribution in [3.63, 3.8) is 0 Å². The van der Waals surface area contributed by atoms with E-state index in [0.717, 1.165) is 21.7 Å². The zero-order chi connectivity index (χ0) is 18.2. The third kappa shape index (κ3) is 3.46. The zero-order valence-electron chi connectivity index (χ0n) is 11.3. The smallest absolute Gasteiger partial charge is 0.410 e. The van der Waals surface area contributed by atoms with Gasteiger partial charge < -0.3 is 5.11 Å². The Morgan fingerprint density at radius 2 is 1.92 bits per heavy atom. The maximum absolute atomic E-state index is 12.8. The van der Waals surface area contributed by atoms with Gasteiger partial charge >= 0.3 is 11.8 Å². The number of carbonyl (C=O) groups is 1. The molecule has 1 aromatic rings. The summed E-state index contributed by atoms with van der Waals surface area (Å²) in [6.07, 6.45) is -4.45. The third-order valence-electron chi connectivity index (χ3n) is 2.93. The van der Waals surface area contributed by atoms with E-state index in [1.54, 1.807) is 0 Å². The van der Waals surface area contributed by atoms with Crippen LogP contribution in [-0.2, 0) is 0 Å². The number of hydrogen-bond donors (Lipinski definition) is 2. The Bertz CT molecular complexity index is 723. The molecule has 0 fully saturated rings. The number of nitrogens with one attached hydrogen (secondary N) is 1. The number of carboxylic acid groups (broad SMARTS) is 1. The third-order valence-corrected chi connectivity index (χ3v) is 3.78. The molecule has 0 bridgehead atoms. The van der Waals surface area contributed by atoms with Crippen LogP contribution in [0.25, 0.3) is 0 Å². The number of anilines is 1. The minimum Gasteiger partial charge on any atom is -0.465 e. The summed E-state index contributed by atoms with van der Waals surface area (Å²) in [6, 6.07) is 1.81. The zero-order valence-corrected chi connectivity index (χ0v) is 13.6. The van der Waals surface area contributed by atoms with Crippen LogP contribution < -0.4 is 10.3 Å². The predicted molar refractivity (Wildman–Crippen MR) is 81.6 cm³/mol. The summed E-state index contributed by atoms with van der Waals surface area (Å²) < 4.78 is 26.3. The number of hydrazine groups is 1. The van der Waals surface area contributed by atoms with Crippen molar-refractivity contribution >= 4 is 46.8 Å². The second-order valence-electron chi connectivity index (χ2n) is 4.42. The second kappa shape index (κ2) is 6.93. The van der Waals surface area contributed by atoms with Gasteiger partial charge in [0, 0.05) is 17.3 Å². The molecule has 0 spiro atoms. The van der Waals surface area contributed by atoms with E-state index in [1.165, 1.54) is 0 Å². The molecule has 1 heterocycles. The topological polar surface area (TPSA) is 98.9 Å². The maximum Gasteiger partial charge on any atom is 0.410 e. The summed E-state index contributed by atoms with van der Waals surface area (Å²) >= 11 is 17.8. The lowest BCUT2D eigenvalue weighted by molar-refractivity contribution is -0.426. The molecule has 130 valence electrons. The van der Waals surface area contributed by atoms with E-state index >= 15 is 0 Å². The molecule has 2 N–H and O–H groups in total. The molecule has 2 rings (SSSR count). The molecule has 0 unspecified atom stereocenters. The Hall–Kier alpha value is -1.88. The van der Waals surface area contributed by atoms with Gasteiger partial charge in [0.05, 0.1) is 20.7 Å². The molecular formula is C11H7Cl3F2N4O4. The van der Waals surface area contributed by atoms with Gasteiger partial charge in [-0.1, -0.05) is 23.2 Å². The van der Waals surface area contributed by atoms with Crippen molar-refractivity contribution in [3.05, 3.63) is 49.4 Å². The Morgan fingerprint density at radius 3 is 2.33 bits per heavy atom. The average molecular weight is 404 g/mol. The Morgan fingerprint density at radius 1 is 1.38 bits per heavy atom. The molecule has 1 aliphatic heterocycles. The van der Waals surface area contributed by atoms with Crippen LogP contribution in [0.15, 0.2) is 23.7 Å². The molecule has 13 heteroatoms. The van der Waals surface area contributed by atoms with Crippen molar-refractivity contribution in [2.45, 2.75) is 6.43 Å². The molecule has 0 aromatic heterocycles. The largest absolute Gasteiger partial charge is 0.465 e. The fourth-order valence-corrected chi connectivity index (χ4v) is 2.93. The van der Waals surface area contributed by atoms with Crippen LogP contribution in [0.5, 0.6) is 0 Å². The summed E-state index contributed by atoms with van der Waals surface area (Å²) in [4.78, 5) is 21.1. The Balaban J connectivity index is 2.61. The summed E-state index contributed by atoms with van der Waals surface area (Å²) in [7, 11) is 0. The van der Waals surface area contributed by atoms with Crippen LogP contribution in [0.3, 0.4) is 0 Å². The van der Waals surface area contributed by atoms with Crippen LogP contribution in [0.1, 0.15) is 12.0 Å². The average Bonchev–Trinajstić information content (AvgIpc) is 2.75. The van der Waals surface area contributed by atoms with Crippen LogP contribution in [0.4, 0.5) is 19.3 Å². The lowest BCUT2D eigenvalue weighted by Crippen LogP contribution is -2.37. The van der Waals surface area contributed by atoms with Crippen molar-refractivity contribution in [3.8, 4) is 0 Å². The first-order valence-electron chi connectivity index (χ1n) is 6.01. The highest BCUT2D eigenvalue weighted by Crippen LogP contribution is 2.42. The molecule has 1 aromatic carbocycles. The standard InChI is InChI=1S/C11H7Cl3F2N4O4/c12-5-1-4(9(15)16)2-6(13)8(5)19-10(17-11(21)22)7(20(23)24)3-18(19)14/h1-2,9,17H,3H2,(H,21,22). The number of rotatable bonds is 4. The molecular weight excluding hydrogens is 397 g/mol. The van der Waals surface area contributed by atoms with E-state index < -0.39 is 41.1 Å². The number of halogens is 5. The highest BCUT2D eigenvalue weighted by Gasteiger charge is 2.40. The van der Waals surface area contributed by atoms with Crippen molar-refractivity contribution in [1.82, 2.24) is 9.84 Å². The van der Waals surface area contributed by atoms with E-state index in [4.69, 9.17) is 40.1 Å². The Kier molecular flexibility index (Phi) is 5.33. The quantitative estimate of drug-likeness (QED) is 0.450. The molecule has 0 saturated heterocycles. The van der Waals surface area contributed by atoms with Crippen LogP contribution in [-0.4, -0.2) is 27.2 Å². The normalized spacial score (nSPS) is 15.3. The summed E-state index contributed by atoms with van der Waals surface area (Å²) in [5.41, 5.74) is -1.23. The fourth-order valence-electron chi connectivity index (χ4n) is 2.00. The highest BCUT2D eigenvalue weighted by molar-refractivity contribution is 6.39. The molecule has 0 saturated carbocycles. The van der Waals surface area contributed by atoms with E-state index in [-0.39, 0.29) is 15.7 Å². The number of benzene rings is 1. The number of nitro groups is 1. The van der Waals surface area contributed by atoms with Crippen molar-refractivity contribution in [2.75, 3.05) is 11.6 Å². The van der Waals surface area contributed by atoms with Crippen LogP contribution >= 0.6 is 35.0 Å². The molecule has 24 heavy (non-hydrogen) atoms. The van der Waals surface area contributed by atoms with Gasteiger partial charge in [-0.25, -0.2) is 18.6 Å². The number of alkyl halides is 2. The van der Waals surface area contributed by atoms with Crippen LogP contribution in [0, 0.1) is 10.1 Å². The lowest BCUT2D eigenvalue weighted by atomic mass is 10.2. The predicted octanol–water partition coefficient (Wildman–Crippen LogP) is 3.84. The fraction of sp³-hybridized carbons (Fsp3) is 0.182. The number of amides is 1.